The summed E-state index contributed by atoms with van der Waals surface area (Å²) in [4.78, 5) is 27.1. The lowest BCUT2D eigenvalue weighted by molar-refractivity contribution is -0.991. The predicted octanol–water partition coefficient (Wildman–Crippen LogP) is 1.64. The van der Waals surface area contributed by atoms with Crippen LogP contribution in [0.1, 0.15) is 39.5 Å². The first-order valence-corrected chi connectivity index (χ1v) is 12.2. The number of nitrogens with zero attached hydrogens (tertiary/aromatic N) is 3. The first kappa shape index (κ1) is 24.8. The summed E-state index contributed by atoms with van der Waals surface area (Å²) in [6.45, 7) is 3.25. The molecule has 2 aliphatic heterocycles. The fourth-order valence-corrected chi connectivity index (χ4v) is 5.36. The molecule has 1 amide bonds. The number of aromatic nitrogens is 1. The molecular weight excluding hydrogens is 474 g/mol. The Morgan fingerprint density at radius 2 is 2.00 bits per heavy atom. The summed E-state index contributed by atoms with van der Waals surface area (Å²) in [6.07, 6.45) is 2.67. The van der Waals surface area contributed by atoms with Crippen molar-refractivity contribution < 1.29 is 20.0 Å². The van der Waals surface area contributed by atoms with Gasteiger partial charge >= 0.3 is 0 Å². The number of nitrogens with one attached hydrogen (secondary N) is 2. The fourth-order valence-electron chi connectivity index (χ4n) is 5.36. The Hall–Kier alpha value is -3.83. The Bertz CT molecular complexity index is 1370. The Balaban J connectivity index is 1.26. The van der Waals surface area contributed by atoms with Gasteiger partial charge in [0.2, 0.25) is 0 Å². The molecule has 0 spiro atoms. The SMILES string of the molecule is COc1ccc(/C=N/NC(=O)c2ccc([NH+]([O-])O)cc2)cc1CN1C[C@@H]2C[C@@H](C1)c1cccc(=O)n1C2. The normalized spacial score (nSPS) is 19.9. The van der Waals surface area contributed by atoms with Crippen molar-refractivity contribution in [2.24, 2.45) is 11.0 Å². The van der Waals surface area contributed by atoms with Gasteiger partial charge in [-0.3, -0.25) is 14.5 Å². The van der Waals surface area contributed by atoms with Gasteiger partial charge in [-0.15, -0.1) is 0 Å². The number of rotatable bonds is 7. The molecule has 1 unspecified atom stereocenters. The molecule has 1 aromatic heterocycles. The molecule has 10 nitrogen and oxygen atoms in total. The molecule has 2 aromatic carbocycles. The van der Waals surface area contributed by atoms with Crippen LogP contribution in [0, 0.1) is 11.1 Å². The van der Waals surface area contributed by atoms with Gasteiger partial charge in [-0.25, -0.2) is 10.6 Å². The van der Waals surface area contributed by atoms with Crippen molar-refractivity contribution in [2.45, 2.75) is 25.4 Å². The molecule has 1 saturated heterocycles. The third-order valence-electron chi connectivity index (χ3n) is 7.03. The lowest BCUT2D eigenvalue weighted by atomic mass is 9.83. The number of likely N-dealkylation sites (tertiary alicyclic amines) is 1. The lowest BCUT2D eigenvalue weighted by Crippen LogP contribution is -2.99. The molecule has 0 radical (unpaired) electrons. The molecular formula is C27H29N5O5. The maximum Gasteiger partial charge on any atom is 0.271 e. The number of carbonyl (C=O) groups is 1. The molecule has 10 heteroatoms. The van der Waals surface area contributed by atoms with Gasteiger partial charge in [0, 0.05) is 67.1 Å². The van der Waals surface area contributed by atoms with Crippen LogP contribution in [0.2, 0.25) is 0 Å². The van der Waals surface area contributed by atoms with Gasteiger partial charge in [-0.2, -0.15) is 10.3 Å². The summed E-state index contributed by atoms with van der Waals surface area (Å²) in [5, 5.41) is 23.0. The van der Waals surface area contributed by atoms with Gasteiger partial charge in [0.15, 0.2) is 5.69 Å². The number of piperidine rings is 1. The number of ether oxygens (including phenoxy) is 1. The Labute approximate surface area is 213 Å². The van der Waals surface area contributed by atoms with Crippen molar-refractivity contribution in [2.75, 3.05) is 20.2 Å². The second-order valence-electron chi connectivity index (χ2n) is 9.55. The maximum atomic E-state index is 12.3. The van der Waals surface area contributed by atoms with Gasteiger partial charge in [0.1, 0.15) is 5.75 Å². The van der Waals surface area contributed by atoms with E-state index in [2.05, 4.69) is 21.5 Å². The van der Waals surface area contributed by atoms with Crippen LogP contribution in [-0.2, 0) is 13.1 Å². The Kier molecular flexibility index (Phi) is 7.15. The number of carbonyl (C=O) groups excluding carboxylic acids is 1. The van der Waals surface area contributed by atoms with Crippen LogP contribution < -0.4 is 20.9 Å². The average Bonchev–Trinajstić information content (AvgIpc) is 2.89. The molecule has 1 fully saturated rings. The van der Waals surface area contributed by atoms with E-state index in [1.165, 1.54) is 24.3 Å². The number of methoxy groups -OCH3 is 1. The molecule has 3 N–H and O–H groups in total. The highest BCUT2D eigenvalue weighted by Crippen LogP contribution is 2.36. The number of fused-ring (bicyclic) bond motifs is 4. The molecule has 192 valence electrons. The smallest absolute Gasteiger partial charge is 0.271 e. The minimum absolute atomic E-state index is 0.0821. The monoisotopic (exact) mass is 503 g/mol. The van der Waals surface area contributed by atoms with E-state index in [9.17, 15) is 14.8 Å². The van der Waals surface area contributed by atoms with Gasteiger partial charge in [-0.1, -0.05) is 6.07 Å². The summed E-state index contributed by atoms with van der Waals surface area (Å²) in [5.41, 5.74) is 5.94. The minimum atomic E-state index is -1.05. The second kappa shape index (κ2) is 10.7. The van der Waals surface area contributed by atoms with Crippen LogP contribution in [0.3, 0.4) is 0 Å². The summed E-state index contributed by atoms with van der Waals surface area (Å²) in [6, 6.07) is 17.0. The summed E-state index contributed by atoms with van der Waals surface area (Å²) >= 11 is 0. The highest BCUT2D eigenvalue weighted by Gasteiger charge is 2.34. The van der Waals surface area contributed by atoms with E-state index in [-0.39, 0.29) is 11.2 Å². The summed E-state index contributed by atoms with van der Waals surface area (Å²) in [7, 11) is 1.65. The summed E-state index contributed by atoms with van der Waals surface area (Å²) < 4.78 is 7.54. The number of pyridine rings is 1. The number of benzene rings is 2. The summed E-state index contributed by atoms with van der Waals surface area (Å²) in [5.74, 6) is 1.12. The van der Waals surface area contributed by atoms with Crippen molar-refractivity contribution in [3.63, 3.8) is 0 Å². The van der Waals surface area contributed by atoms with Crippen LogP contribution in [0.4, 0.5) is 5.69 Å². The van der Waals surface area contributed by atoms with E-state index in [1.54, 1.807) is 19.4 Å². The molecule has 3 atom stereocenters. The molecule has 5 rings (SSSR count). The molecule has 0 aliphatic carbocycles. The van der Waals surface area contributed by atoms with Crippen LogP contribution in [0.5, 0.6) is 5.75 Å². The highest BCUT2D eigenvalue weighted by molar-refractivity contribution is 5.95. The number of hydrogen-bond donors (Lipinski definition) is 3. The van der Waals surface area contributed by atoms with Gasteiger partial charge in [-0.05, 0) is 54.3 Å². The van der Waals surface area contributed by atoms with Crippen LogP contribution in [-0.4, -0.2) is 47.0 Å². The molecule has 3 heterocycles. The quantitative estimate of drug-likeness (QED) is 0.333. The van der Waals surface area contributed by atoms with E-state index in [0.717, 1.165) is 48.6 Å². The van der Waals surface area contributed by atoms with Crippen molar-refractivity contribution >= 4 is 17.8 Å². The molecule has 2 bridgehead atoms. The zero-order valence-corrected chi connectivity index (χ0v) is 20.5. The Morgan fingerprint density at radius 1 is 1.19 bits per heavy atom. The average molecular weight is 504 g/mol. The van der Waals surface area contributed by atoms with Crippen molar-refractivity contribution in [3.8, 4) is 5.75 Å². The lowest BCUT2D eigenvalue weighted by Gasteiger charge is -2.42. The largest absolute Gasteiger partial charge is 0.595 e. The first-order chi connectivity index (χ1) is 17.9. The van der Waals surface area contributed by atoms with Gasteiger partial charge in [0.05, 0.1) is 13.3 Å². The molecule has 37 heavy (non-hydrogen) atoms. The third-order valence-corrected chi connectivity index (χ3v) is 7.03. The van der Waals surface area contributed by atoms with Crippen LogP contribution in [0.25, 0.3) is 0 Å². The maximum absolute atomic E-state index is 12.3. The first-order valence-electron chi connectivity index (χ1n) is 12.2. The van der Waals surface area contributed by atoms with E-state index in [0.29, 0.717) is 23.9 Å². The van der Waals surface area contributed by atoms with E-state index < -0.39 is 11.1 Å². The number of hydrazone groups is 1. The standard InChI is InChI=1S/C27H29N5O5/c1-37-25-10-5-18(13-28-29-27(34)20-6-8-23(9-7-20)32(35)36)11-22(25)17-30-14-19-12-21(16-30)24-3-2-4-26(33)31(24)15-19/h2-11,13,19,21,32,35H,12,14-17H2,1H3,(H,29,34)/b28-13+/t19-,21-/m0/s1. The zero-order chi connectivity index (χ0) is 25.9. The number of amides is 1. The minimum Gasteiger partial charge on any atom is -0.595 e. The van der Waals surface area contributed by atoms with Crippen molar-refractivity contribution in [1.29, 1.82) is 0 Å². The third kappa shape index (κ3) is 5.47. The van der Waals surface area contributed by atoms with Gasteiger partial charge in [0.25, 0.3) is 11.5 Å². The van der Waals surface area contributed by atoms with Crippen LogP contribution in [0.15, 0.2) is 70.6 Å². The fraction of sp³-hybridized carbons (Fsp3) is 0.296. The topological polar surface area (TPSA) is 124 Å². The van der Waals surface area contributed by atoms with Gasteiger partial charge < -0.3 is 14.5 Å². The van der Waals surface area contributed by atoms with Crippen molar-refractivity contribution in [1.82, 2.24) is 14.9 Å². The second-order valence-corrected chi connectivity index (χ2v) is 9.55. The highest BCUT2D eigenvalue weighted by atomic mass is 16.8. The number of hydrogen-bond acceptors (Lipinski definition) is 7. The van der Waals surface area contributed by atoms with E-state index in [4.69, 9.17) is 9.94 Å². The number of quaternary nitrogens is 1. The van der Waals surface area contributed by atoms with E-state index >= 15 is 0 Å². The zero-order valence-electron chi connectivity index (χ0n) is 20.5. The molecule has 0 saturated carbocycles. The van der Waals surface area contributed by atoms with Crippen molar-refractivity contribution in [3.05, 3.63) is 98.6 Å². The molecule has 2 aliphatic rings. The Morgan fingerprint density at radius 3 is 2.76 bits per heavy atom. The van der Waals surface area contributed by atoms with Crippen LogP contribution >= 0.6 is 0 Å². The predicted molar refractivity (Wildman–Crippen MR) is 137 cm³/mol. The van der Waals surface area contributed by atoms with E-state index in [1.807, 2.05) is 28.8 Å². The molecule has 3 aromatic rings.